The van der Waals surface area contributed by atoms with Crippen LogP contribution in [-0.2, 0) is 4.79 Å². The molecule has 0 spiro atoms. The zero-order valence-corrected chi connectivity index (χ0v) is 17.9. The number of rotatable bonds is 3. The standard InChI is InChI=1S/C23H17Cl2N5O/c1-12-19(21(26)31)20(14-9-10-17(24)18(25)11-14)30-23(27-12)28-22(29-30)16-8-4-6-13-5-2-3-7-15(13)16/h2-11,20H,1H3,(H2,26,31)(H,27,28,29). The summed E-state index contributed by atoms with van der Waals surface area (Å²) in [5, 5.41) is 10.9. The summed E-state index contributed by atoms with van der Waals surface area (Å²) in [6.07, 6.45) is 0. The lowest BCUT2D eigenvalue weighted by atomic mass is 9.95. The van der Waals surface area contributed by atoms with Crippen LogP contribution in [0.3, 0.4) is 0 Å². The van der Waals surface area contributed by atoms with Gasteiger partial charge in [-0.3, -0.25) is 4.79 Å². The fraction of sp³-hybridized carbons (Fsp3) is 0.0870. The Morgan fingerprint density at radius 2 is 1.84 bits per heavy atom. The summed E-state index contributed by atoms with van der Waals surface area (Å²) in [4.78, 5) is 17.1. The SMILES string of the molecule is CC1=C(C(N)=O)C(c2ccc(Cl)c(Cl)c2)n2nc(-c3cccc4ccccc34)nc2N1. The van der Waals surface area contributed by atoms with Crippen LogP contribution in [0.5, 0.6) is 0 Å². The lowest BCUT2D eigenvalue weighted by Crippen LogP contribution is -2.31. The Bertz CT molecular complexity index is 1390. The Balaban J connectivity index is 1.72. The summed E-state index contributed by atoms with van der Waals surface area (Å²) in [6.45, 7) is 1.79. The molecule has 6 nitrogen and oxygen atoms in total. The Labute approximate surface area is 188 Å². The van der Waals surface area contributed by atoms with Crippen molar-refractivity contribution in [3.63, 3.8) is 0 Å². The van der Waals surface area contributed by atoms with Crippen molar-refractivity contribution in [3.05, 3.63) is 87.5 Å². The number of amides is 1. The van der Waals surface area contributed by atoms with E-state index in [0.29, 0.717) is 33.1 Å². The molecule has 0 saturated heterocycles. The molecular weight excluding hydrogens is 433 g/mol. The second-order valence-electron chi connectivity index (χ2n) is 7.33. The minimum absolute atomic E-state index is 0.384. The van der Waals surface area contributed by atoms with Crippen molar-refractivity contribution in [1.29, 1.82) is 0 Å². The molecule has 0 radical (unpaired) electrons. The highest BCUT2D eigenvalue weighted by atomic mass is 35.5. The van der Waals surface area contributed by atoms with E-state index < -0.39 is 11.9 Å². The van der Waals surface area contributed by atoms with Gasteiger partial charge in [-0.2, -0.15) is 4.98 Å². The van der Waals surface area contributed by atoms with Gasteiger partial charge in [0.05, 0.1) is 15.6 Å². The number of nitrogens with zero attached hydrogens (tertiary/aromatic N) is 3. The van der Waals surface area contributed by atoms with Crippen molar-refractivity contribution >= 4 is 45.8 Å². The number of aromatic nitrogens is 3. The summed E-state index contributed by atoms with van der Waals surface area (Å²) in [6, 6.07) is 18.7. The average molecular weight is 450 g/mol. The number of anilines is 1. The van der Waals surface area contributed by atoms with E-state index in [1.807, 2.05) is 48.5 Å². The first kappa shape index (κ1) is 19.6. The van der Waals surface area contributed by atoms with Gasteiger partial charge in [0.1, 0.15) is 6.04 Å². The summed E-state index contributed by atoms with van der Waals surface area (Å²) in [7, 11) is 0. The van der Waals surface area contributed by atoms with Gasteiger partial charge in [-0.25, -0.2) is 4.68 Å². The van der Waals surface area contributed by atoms with E-state index in [1.165, 1.54) is 0 Å². The maximum absolute atomic E-state index is 12.4. The van der Waals surface area contributed by atoms with Gasteiger partial charge >= 0.3 is 0 Å². The number of nitrogens with one attached hydrogen (secondary N) is 1. The molecule has 1 unspecified atom stereocenters. The second-order valence-corrected chi connectivity index (χ2v) is 8.15. The van der Waals surface area contributed by atoms with Crippen molar-refractivity contribution in [2.45, 2.75) is 13.0 Å². The van der Waals surface area contributed by atoms with Crippen LogP contribution in [0.1, 0.15) is 18.5 Å². The quantitative estimate of drug-likeness (QED) is 0.451. The molecule has 1 aromatic heterocycles. The van der Waals surface area contributed by atoms with Gasteiger partial charge in [0, 0.05) is 11.3 Å². The Hall–Kier alpha value is -3.35. The predicted molar refractivity (Wildman–Crippen MR) is 123 cm³/mol. The molecule has 1 aliphatic rings. The molecule has 154 valence electrons. The first-order valence-electron chi connectivity index (χ1n) is 9.61. The average Bonchev–Trinajstić information content (AvgIpc) is 3.17. The minimum atomic E-state index is -0.584. The molecular formula is C23H17Cl2N5O. The molecule has 2 heterocycles. The molecule has 0 bridgehead atoms. The van der Waals surface area contributed by atoms with Gasteiger partial charge in [0.15, 0.2) is 5.82 Å². The molecule has 5 rings (SSSR count). The minimum Gasteiger partial charge on any atom is -0.366 e. The Morgan fingerprint density at radius 3 is 2.61 bits per heavy atom. The molecule has 31 heavy (non-hydrogen) atoms. The van der Waals surface area contributed by atoms with E-state index in [0.717, 1.165) is 21.9 Å². The van der Waals surface area contributed by atoms with Crippen LogP contribution in [0.15, 0.2) is 71.9 Å². The van der Waals surface area contributed by atoms with E-state index >= 15 is 0 Å². The highest BCUT2D eigenvalue weighted by molar-refractivity contribution is 6.42. The number of nitrogens with two attached hydrogens (primary N) is 1. The van der Waals surface area contributed by atoms with Crippen molar-refractivity contribution in [2.75, 3.05) is 5.32 Å². The van der Waals surface area contributed by atoms with Gasteiger partial charge in [-0.05, 0) is 35.4 Å². The third kappa shape index (κ3) is 3.24. The Kier molecular flexibility index (Phi) is 4.68. The topological polar surface area (TPSA) is 85.8 Å². The highest BCUT2D eigenvalue weighted by Crippen LogP contribution is 2.38. The largest absolute Gasteiger partial charge is 0.366 e. The molecule has 1 atom stereocenters. The first-order chi connectivity index (χ1) is 14.9. The number of allylic oxidation sites excluding steroid dienone is 1. The summed E-state index contributed by atoms with van der Waals surface area (Å²) >= 11 is 12.4. The van der Waals surface area contributed by atoms with Crippen molar-refractivity contribution < 1.29 is 4.79 Å². The van der Waals surface area contributed by atoms with E-state index in [9.17, 15) is 4.79 Å². The van der Waals surface area contributed by atoms with Crippen LogP contribution in [-0.4, -0.2) is 20.7 Å². The van der Waals surface area contributed by atoms with Gasteiger partial charge in [0.2, 0.25) is 11.9 Å². The van der Waals surface area contributed by atoms with Crippen molar-refractivity contribution in [1.82, 2.24) is 14.8 Å². The highest BCUT2D eigenvalue weighted by Gasteiger charge is 2.33. The number of hydrogen-bond donors (Lipinski definition) is 2. The molecule has 4 aromatic rings. The van der Waals surface area contributed by atoms with Crippen LogP contribution in [0, 0.1) is 0 Å². The van der Waals surface area contributed by atoms with Crippen molar-refractivity contribution in [3.8, 4) is 11.4 Å². The zero-order chi connectivity index (χ0) is 21.7. The third-order valence-electron chi connectivity index (χ3n) is 5.41. The zero-order valence-electron chi connectivity index (χ0n) is 16.4. The van der Waals surface area contributed by atoms with Crippen LogP contribution in [0.4, 0.5) is 5.95 Å². The molecule has 0 saturated carbocycles. The Morgan fingerprint density at radius 1 is 1.06 bits per heavy atom. The van der Waals surface area contributed by atoms with Crippen LogP contribution < -0.4 is 11.1 Å². The predicted octanol–water partition coefficient (Wildman–Crippen LogP) is 5.18. The number of carbonyl (C=O) groups excluding carboxylic acids is 1. The summed E-state index contributed by atoms with van der Waals surface area (Å²) in [5.74, 6) is 0.512. The number of hydrogen-bond acceptors (Lipinski definition) is 4. The van der Waals surface area contributed by atoms with Gasteiger partial charge in [-0.1, -0.05) is 71.7 Å². The van der Waals surface area contributed by atoms with Gasteiger partial charge in [-0.15, -0.1) is 5.10 Å². The van der Waals surface area contributed by atoms with E-state index in [4.69, 9.17) is 39.0 Å². The molecule has 3 N–H and O–H groups in total. The normalized spacial score (nSPS) is 15.6. The number of carbonyl (C=O) groups is 1. The number of primary amides is 1. The molecule has 0 fully saturated rings. The maximum Gasteiger partial charge on any atom is 0.248 e. The monoisotopic (exact) mass is 449 g/mol. The smallest absolute Gasteiger partial charge is 0.248 e. The van der Waals surface area contributed by atoms with Gasteiger partial charge in [0.25, 0.3) is 0 Å². The lowest BCUT2D eigenvalue weighted by Gasteiger charge is -2.27. The number of benzene rings is 3. The number of fused-ring (bicyclic) bond motifs is 2. The number of halogens is 2. The van der Waals surface area contributed by atoms with Crippen LogP contribution in [0.2, 0.25) is 10.0 Å². The molecule has 8 heteroatoms. The molecule has 3 aromatic carbocycles. The molecule has 1 aliphatic heterocycles. The van der Waals surface area contributed by atoms with Crippen LogP contribution >= 0.6 is 23.2 Å². The van der Waals surface area contributed by atoms with Crippen molar-refractivity contribution in [2.24, 2.45) is 5.73 Å². The first-order valence-corrected chi connectivity index (χ1v) is 10.4. The second kappa shape index (κ2) is 7.41. The summed E-state index contributed by atoms with van der Waals surface area (Å²) < 4.78 is 1.67. The van der Waals surface area contributed by atoms with Gasteiger partial charge < -0.3 is 11.1 Å². The molecule has 0 aliphatic carbocycles. The van der Waals surface area contributed by atoms with Crippen LogP contribution in [0.25, 0.3) is 22.2 Å². The fourth-order valence-corrected chi connectivity index (χ4v) is 4.30. The fourth-order valence-electron chi connectivity index (χ4n) is 4.00. The third-order valence-corrected chi connectivity index (χ3v) is 6.15. The van der Waals surface area contributed by atoms with E-state index in [-0.39, 0.29) is 0 Å². The van der Waals surface area contributed by atoms with E-state index in [1.54, 1.807) is 23.7 Å². The maximum atomic E-state index is 12.4. The lowest BCUT2D eigenvalue weighted by molar-refractivity contribution is -0.115. The summed E-state index contributed by atoms with van der Waals surface area (Å²) in [5.41, 5.74) is 8.39. The molecule has 1 amide bonds. The van der Waals surface area contributed by atoms with E-state index in [2.05, 4.69) is 5.32 Å².